The maximum atomic E-state index is 13.6. The van der Waals surface area contributed by atoms with Crippen molar-refractivity contribution in [3.05, 3.63) is 70.8 Å². The third-order valence-corrected chi connectivity index (χ3v) is 6.50. The summed E-state index contributed by atoms with van der Waals surface area (Å²) in [4.78, 5) is 38.6. The summed E-state index contributed by atoms with van der Waals surface area (Å²) in [5, 5.41) is 22.5. The second-order valence-electron chi connectivity index (χ2n) is 9.79. The van der Waals surface area contributed by atoms with Gasteiger partial charge in [0.1, 0.15) is 23.5 Å². The number of nitrogens with two attached hydrogens (primary N) is 1. The Bertz CT molecular complexity index is 1090. The molecule has 0 aliphatic heterocycles. The number of carbonyl (C=O) groups is 3. The number of ketones is 1. The molecule has 0 saturated carbocycles. The summed E-state index contributed by atoms with van der Waals surface area (Å²) >= 11 is 0. The van der Waals surface area contributed by atoms with Crippen LogP contribution in [0.25, 0.3) is 0 Å². The maximum Gasteiger partial charge on any atom is 0.405 e. The molecule has 0 heterocycles. The van der Waals surface area contributed by atoms with Gasteiger partial charge in [0.25, 0.3) is 0 Å². The fraction of sp³-hybridized carbons (Fsp3) is 0.483. The van der Waals surface area contributed by atoms with Crippen LogP contribution in [-0.2, 0) is 29.0 Å². The van der Waals surface area contributed by atoms with E-state index in [-0.39, 0.29) is 43.7 Å². The van der Waals surface area contributed by atoms with Gasteiger partial charge in [0.2, 0.25) is 5.91 Å². The van der Waals surface area contributed by atoms with Gasteiger partial charge >= 0.3 is 6.09 Å². The quantitative estimate of drug-likeness (QED) is 0.251. The smallest absolute Gasteiger partial charge is 0.405 e. The van der Waals surface area contributed by atoms with E-state index in [0.29, 0.717) is 12.8 Å². The molecule has 0 aliphatic rings. The van der Waals surface area contributed by atoms with Crippen molar-refractivity contribution in [3.8, 4) is 0 Å². The lowest BCUT2D eigenvalue weighted by molar-refractivity contribution is -0.136. The van der Waals surface area contributed by atoms with E-state index in [9.17, 15) is 33.4 Å². The Morgan fingerprint density at radius 2 is 1.67 bits per heavy atom. The molecule has 2 rings (SSSR count). The number of benzene rings is 2. The van der Waals surface area contributed by atoms with Crippen molar-refractivity contribution in [2.45, 2.75) is 83.5 Å². The van der Waals surface area contributed by atoms with E-state index in [1.165, 1.54) is 4.90 Å². The van der Waals surface area contributed by atoms with Crippen LogP contribution in [0.3, 0.4) is 0 Å². The lowest BCUT2D eigenvalue weighted by Crippen LogP contribution is -2.52. The van der Waals surface area contributed by atoms with Gasteiger partial charge in [-0.25, -0.2) is 13.6 Å². The summed E-state index contributed by atoms with van der Waals surface area (Å²) in [6.45, 7) is 3.75. The van der Waals surface area contributed by atoms with Crippen LogP contribution in [-0.4, -0.2) is 57.6 Å². The molecule has 8 nitrogen and oxygen atoms in total. The van der Waals surface area contributed by atoms with Gasteiger partial charge in [-0.2, -0.15) is 0 Å². The highest BCUT2D eigenvalue weighted by atomic mass is 19.1. The Labute approximate surface area is 228 Å². The molecule has 0 spiro atoms. The first-order valence-electron chi connectivity index (χ1n) is 13.3. The zero-order valence-corrected chi connectivity index (χ0v) is 22.5. The largest absolute Gasteiger partial charge is 0.465 e. The molecule has 0 aromatic heterocycles. The number of nitrogens with zero attached hydrogens (tertiary/aromatic N) is 1. The molecule has 2 aromatic carbocycles. The topological polar surface area (TPSA) is 133 Å². The summed E-state index contributed by atoms with van der Waals surface area (Å²) in [5.74, 6) is -2.20. The first kappa shape index (κ1) is 31.8. The van der Waals surface area contributed by atoms with E-state index in [0.717, 1.165) is 42.2 Å². The van der Waals surface area contributed by atoms with Crippen LogP contribution in [0.2, 0.25) is 0 Å². The standard InChI is InChI=1S/C29H39F2N3O5/c1-3-5-9-24(35)10-11-26(33-29(38)39)28(37)34(17-20-8-6-7-19(4-2)12-20)18-27(36)25(32)15-21-13-22(30)16-23(31)14-21/h6-8,12-14,16,25-27,33,36H,3-5,9-11,15,17-18,32H2,1-2H3,(H,38,39)/t25-,26+,27+/m0/s1. The minimum Gasteiger partial charge on any atom is -0.465 e. The number of aliphatic hydroxyl groups is 1. The van der Waals surface area contributed by atoms with E-state index in [2.05, 4.69) is 5.32 Å². The van der Waals surface area contributed by atoms with Crippen molar-refractivity contribution in [1.29, 1.82) is 0 Å². The van der Waals surface area contributed by atoms with Crippen molar-refractivity contribution < 1.29 is 33.4 Å². The van der Waals surface area contributed by atoms with Gasteiger partial charge in [-0.3, -0.25) is 9.59 Å². The average molecular weight is 548 g/mol. The first-order valence-corrected chi connectivity index (χ1v) is 13.3. The molecule has 0 fully saturated rings. The number of aliphatic hydroxyl groups excluding tert-OH is 1. The SMILES string of the molecule is CCCCC(=O)CC[C@@H](NC(=O)O)C(=O)N(Cc1cccc(CC)c1)C[C@@H](O)[C@@H](N)Cc1cc(F)cc(F)c1. The van der Waals surface area contributed by atoms with Gasteiger partial charge in [0.15, 0.2) is 0 Å². The van der Waals surface area contributed by atoms with Crippen LogP contribution in [0.15, 0.2) is 42.5 Å². The minimum atomic E-state index is -1.41. The van der Waals surface area contributed by atoms with Crippen molar-refractivity contribution in [2.75, 3.05) is 6.54 Å². The number of halogens is 2. The Kier molecular flexibility index (Phi) is 13.0. The Morgan fingerprint density at radius 1 is 1.00 bits per heavy atom. The number of Topliss-reactive ketones (excluding diaryl/α,β-unsaturated/α-hetero) is 1. The van der Waals surface area contributed by atoms with Crippen LogP contribution in [0.5, 0.6) is 0 Å². The molecule has 214 valence electrons. The van der Waals surface area contributed by atoms with Gasteiger partial charge in [0, 0.05) is 38.0 Å². The fourth-order valence-corrected chi connectivity index (χ4v) is 4.33. The van der Waals surface area contributed by atoms with Crippen molar-refractivity contribution in [1.82, 2.24) is 10.2 Å². The first-order chi connectivity index (χ1) is 18.5. The number of hydrogen-bond donors (Lipinski definition) is 4. The number of carboxylic acid groups (broad SMARTS) is 1. The number of aryl methyl sites for hydroxylation is 1. The highest BCUT2D eigenvalue weighted by Gasteiger charge is 2.29. The molecule has 0 saturated heterocycles. The van der Waals surface area contributed by atoms with Gasteiger partial charge < -0.3 is 26.2 Å². The van der Waals surface area contributed by atoms with Gasteiger partial charge in [-0.05, 0) is 54.5 Å². The van der Waals surface area contributed by atoms with E-state index in [1.807, 2.05) is 38.1 Å². The highest BCUT2D eigenvalue weighted by molar-refractivity contribution is 5.86. The molecule has 0 aliphatic carbocycles. The molecule has 0 radical (unpaired) electrons. The summed E-state index contributed by atoms with van der Waals surface area (Å²) in [6.07, 6.45) is -0.0673. The second-order valence-corrected chi connectivity index (χ2v) is 9.79. The lowest BCUT2D eigenvalue weighted by atomic mass is 10.00. The fourth-order valence-electron chi connectivity index (χ4n) is 4.33. The number of carbonyl (C=O) groups excluding carboxylic acids is 2. The van der Waals surface area contributed by atoms with Crippen LogP contribution in [0.4, 0.5) is 13.6 Å². The second kappa shape index (κ2) is 15.9. The Hall–Kier alpha value is -3.37. The van der Waals surface area contributed by atoms with Crippen LogP contribution < -0.4 is 11.1 Å². The average Bonchev–Trinajstić information content (AvgIpc) is 2.88. The Morgan fingerprint density at radius 3 is 2.28 bits per heavy atom. The molecule has 5 N–H and O–H groups in total. The molecule has 10 heteroatoms. The lowest BCUT2D eigenvalue weighted by Gasteiger charge is -2.31. The molecule has 2 aromatic rings. The number of amides is 2. The third-order valence-electron chi connectivity index (χ3n) is 6.50. The van der Waals surface area contributed by atoms with Crippen LogP contribution in [0.1, 0.15) is 62.6 Å². The summed E-state index contributed by atoms with van der Waals surface area (Å²) in [5.41, 5.74) is 8.21. The summed E-state index contributed by atoms with van der Waals surface area (Å²) < 4.78 is 27.2. The molecule has 0 unspecified atom stereocenters. The molecule has 39 heavy (non-hydrogen) atoms. The molecular formula is C29H39F2N3O5. The number of hydrogen-bond acceptors (Lipinski definition) is 5. The van der Waals surface area contributed by atoms with Crippen molar-refractivity contribution in [2.24, 2.45) is 5.73 Å². The van der Waals surface area contributed by atoms with Crippen molar-refractivity contribution >= 4 is 17.8 Å². The maximum absolute atomic E-state index is 13.6. The van der Waals surface area contributed by atoms with Crippen LogP contribution in [0, 0.1) is 11.6 Å². The summed E-state index contributed by atoms with van der Waals surface area (Å²) in [7, 11) is 0. The summed E-state index contributed by atoms with van der Waals surface area (Å²) in [6, 6.07) is 8.32. The highest BCUT2D eigenvalue weighted by Crippen LogP contribution is 2.16. The predicted molar refractivity (Wildman–Crippen MR) is 144 cm³/mol. The molecular weight excluding hydrogens is 508 g/mol. The zero-order chi connectivity index (χ0) is 28.9. The van der Waals surface area contributed by atoms with Gasteiger partial charge in [-0.15, -0.1) is 0 Å². The normalized spacial score (nSPS) is 13.4. The molecule has 0 bridgehead atoms. The predicted octanol–water partition coefficient (Wildman–Crippen LogP) is 3.96. The zero-order valence-electron chi connectivity index (χ0n) is 22.5. The number of unbranched alkanes of at least 4 members (excludes halogenated alkanes) is 1. The molecule has 3 atom stereocenters. The monoisotopic (exact) mass is 547 g/mol. The van der Waals surface area contributed by atoms with Crippen LogP contribution >= 0.6 is 0 Å². The van der Waals surface area contributed by atoms with E-state index < -0.39 is 41.8 Å². The van der Waals surface area contributed by atoms with Crippen molar-refractivity contribution in [3.63, 3.8) is 0 Å². The van der Waals surface area contributed by atoms with Gasteiger partial charge in [0.05, 0.1) is 6.10 Å². The van der Waals surface area contributed by atoms with E-state index in [4.69, 9.17) is 5.73 Å². The number of rotatable bonds is 16. The third kappa shape index (κ3) is 11.1. The molecule has 2 amide bonds. The Balaban J connectivity index is 2.25. The minimum absolute atomic E-state index is 0.0239. The number of nitrogens with one attached hydrogen (secondary N) is 1. The van der Waals surface area contributed by atoms with E-state index in [1.54, 1.807) is 0 Å². The van der Waals surface area contributed by atoms with Gasteiger partial charge in [-0.1, -0.05) is 44.5 Å². The van der Waals surface area contributed by atoms with E-state index >= 15 is 0 Å².